The van der Waals surface area contributed by atoms with Gasteiger partial charge < -0.3 is 19.9 Å². The van der Waals surface area contributed by atoms with Gasteiger partial charge in [-0.05, 0) is 43.5 Å². The fourth-order valence-electron chi connectivity index (χ4n) is 5.20. The zero-order chi connectivity index (χ0) is 24.6. The van der Waals surface area contributed by atoms with E-state index in [1.165, 1.54) is 0 Å². The number of carbonyl (C=O) groups is 1. The number of fused-ring (bicyclic) bond motifs is 3. The summed E-state index contributed by atoms with van der Waals surface area (Å²) >= 11 is 0. The van der Waals surface area contributed by atoms with Gasteiger partial charge in [0.1, 0.15) is 16.9 Å². The summed E-state index contributed by atoms with van der Waals surface area (Å²) in [5.41, 5.74) is 12.1. The lowest BCUT2D eigenvalue weighted by atomic mass is 10.0. The predicted octanol–water partition coefficient (Wildman–Crippen LogP) is 2.43. The Kier molecular flexibility index (Phi) is 5.98. The molecule has 0 aromatic carbocycles. The number of rotatable bonds is 4. The van der Waals surface area contributed by atoms with E-state index in [0.29, 0.717) is 44.7 Å². The van der Waals surface area contributed by atoms with Crippen molar-refractivity contribution in [2.75, 3.05) is 51.7 Å². The zero-order valence-corrected chi connectivity index (χ0v) is 20.4. The Hall–Kier alpha value is -3.63. The van der Waals surface area contributed by atoms with Crippen LogP contribution in [-0.2, 0) is 9.53 Å². The first-order valence-electron chi connectivity index (χ1n) is 12.5. The van der Waals surface area contributed by atoms with Crippen molar-refractivity contribution in [2.24, 2.45) is 0 Å². The SMILES string of the molecule is Cc1cc(-c2ccc3ncc4ncn(C5CCN(CC(=O)N6CCOCC6)CC5)c4c3n2)cnc1N. The topological polar surface area (TPSA) is 115 Å². The summed E-state index contributed by atoms with van der Waals surface area (Å²) in [5.74, 6) is 0.727. The summed E-state index contributed by atoms with van der Waals surface area (Å²) in [6.45, 7) is 6.82. The average Bonchev–Trinajstić information content (AvgIpc) is 3.36. The smallest absolute Gasteiger partial charge is 0.236 e. The van der Waals surface area contributed by atoms with Crippen LogP contribution in [0.15, 0.2) is 36.9 Å². The Morgan fingerprint density at radius 2 is 1.86 bits per heavy atom. The molecule has 0 radical (unpaired) electrons. The molecule has 0 spiro atoms. The molecular weight excluding hydrogens is 456 g/mol. The largest absolute Gasteiger partial charge is 0.383 e. The van der Waals surface area contributed by atoms with Gasteiger partial charge in [-0.15, -0.1) is 0 Å². The van der Waals surface area contributed by atoms with Crippen LogP contribution in [0.5, 0.6) is 0 Å². The normalized spacial score (nSPS) is 17.8. The fraction of sp³-hybridized carbons (Fsp3) is 0.423. The van der Waals surface area contributed by atoms with Crippen LogP contribution in [0.4, 0.5) is 5.82 Å². The second-order valence-electron chi connectivity index (χ2n) is 9.63. The minimum Gasteiger partial charge on any atom is -0.383 e. The molecular formula is C26H30N8O2. The Labute approximate surface area is 209 Å². The number of morpholine rings is 1. The highest BCUT2D eigenvalue weighted by molar-refractivity contribution is 6.00. The lowest BCUT2D eigenvalue weighted by Gasteiger charge is -2.34. The summed E-state index contributed by atoms with van der Waals surface area (Å²) in [4.78, 5) is 35.4. The van der Waals surface area contributed by atoms with Crippen LogP contribution in [0.2, 0.25) is 0 Å². The molecule has 10 heteroatoms. The third kappa shape index (κ3) is 4.27. The molecule has 4 aromatic rings. The number of nitrogen functional groups attached to an aromatic ring is 1. The van der Waals surface area contributed by atoms with Crippen LogP contribution >= 0.6 is 0 Å². The fourth-order valence-corrected chi connectivity index (χ4v) is 5.20. The zero-order valence-electron chi connectivity index (χ0n) is 20.4. The second-order valence-corrected chi connectivity index (χ2v) is 9.63. The van der Waals surface area contributed by atoms with Gasteiger partial charge in [0.25, 0.3) is 0 Å². The summed E-state index contributed by atoms with van der Waals surface area (Å²) in [6.07, 6.45) is 7.39. The van der Waals surface area contributed by atoms with Gasteiger partial charge >= 0.3 is 0 Å². The molecule has 0 atom stereocenters. The molecule has 0 saturated carbocycles. The molecule has 0 bridgehead atoms. The Balaban J connectivity index is 1.25. The number of ether oxygens (including phenoxy) is 1. The maximum absolute atomic E-state index is 12.7. The van der Waals surface area contributed by atoms with Crippen molar-refractivity contribution in [1.29, 1.82) is 0 Å². The molecule has 6 rings (SSSR count). The van der Waals surface area contributed by atoms with E-state index in [9.17, 15) is 4.79 Å². The first-order chi connectivity index (χ1) is 17.6. The average molecular weight is 487 g/mol. The molecule has 0 aliphatic carbocycles. The highest BCUT2D eigenvalue weighted by Crippen LogP contribution is 2.31. The van der Waals surface area contributed by atoms with Gasteiger partial charge in [-0.3, -0.25) is 14.7 Å². The van der Waals surface area contributed by atoms with Crippen LogP contribution in [0, 0.1) is 6.92 Å². The third-order valence-electron chi connectivity index (χ3n) is 7.33. The van der Waals surface area contributed by atoms with E-state index in [2.05, 4.69) is 24.4 Å². The lowest BCUT2D eigenvalue weighted by molar-refractivity contribution is -0.136. The van der Waals surface area contributed by atoms with Crippen molar-refractivity contribution in [3.05, 3.63) is 42.5 Å². The number of hydrogen-bond donors (Lipinski definition) is 1. The molecule has 2 aliphatic rings. The second kappa shape index (κ2) is 9.44. The number of amides is 1. The molecule has 186 valence electrons. The molecule has 10 nitrogen and oxygen atoms in total. The molecule has 2 N–H and O–H groups in total. The summed E-state index contributed by atoms with van der Waals surface area (Å²) in [6, 6.07) is 6.27. The number of hydrogen-bond acceptors (Lipinski definition) is 8. The highest BCUT2D eigenvalue weighted by atomic mass is 16.5. The van der Waals surface area contributed by atoms with E-state index in [1.54, 1.807) is 6.20 Å². The Bertz CT molecular complexity index is 1420. The van der Waals surface area contributed by atoms with Gasteiger partial charge in [-0.2, -0.15) is 0 Å². The number of piperidine rings is 1. The maximum Gasteiger partial charge on any atom is 0.236 e. The minimum absolute atomic E-state index is 0.200. The Morgan fingerprint density at radius 3 is 2.64 bits per heavy atom. The molecule has 0 unspecified atom stereocenters. The van der Waals surface area contributed by atoms with Crippen molar-refractivity contribution >= 4 is 33.8 Å². The van der Waals surface area contributed by atoms with Crippen molar-refractivity contribution in [2.45, 2.75) is 25.8 Å². The van der Waals surface area contributed by atoms with E-state index in [4.69, 9.17) is 15.5 Å². The standard InChI is InChI=1S/C26H30N8O2/c1-17-12-18(13-29-26(17)27)20-2-3-21-24(31-20)25-22(14-28-21)30-16-34(25)19-4-6-32(7-5-19)15-23(35)33-8-10-36-11-9-33/h2-3,12-14,16,19H,4-11,15H2,1H3,(H2,27,29). The monoisotopic (exact) mass is 486 g/mol. The summed E-state index contributed by atoms with van der Waals surface area (Å²) in [7, 11) is 0. The number of likely N-dealkylation sites (tertiary alicyclic amines) is 1. The van der Waals surface area contributed by atoms with Crippen LogP contribution in [0.25, 0.3) is 33.3 Å². The molecule has 2 saturated heterocycles. The van der Waals surface area contributed by atoms with E-state index in [-0.39, 0.29) is 5.91 Å². The van der Waals surface area contributed by atoms with Gasteiger partial charge in [-0.1, -0.05) is 0 Å². The van der Waals surface area contributed by atoms with Crippen molar-refractivity contribution in [3.8, 4) is 11.3 Å². The number of nitrogens with two attached hydrogens (primary N) is 1. The molecule has 36 heavy (non-hydrogen) atoms. The molecule has 2 aliphatic heterocycles. The van der Waals surface area contributed by atoms with Gasteiger partial charge in [0, 0.05) is 44.0 Å². The molecule has 1 amide bonds. The van der Waals surface area contributed by atoms with Crippen molar-refractivity contribution < 1.29 is 9.53 Å². The van der Waals surface area contributed by atoms with Gasteiger partial charge in [0.2, 0.25) is 5.91 Å². The van der Waals surface area contributed by atoms with Crippen molar-refractivity contribution in [3.63, 3.8) is 0 Å². The first-order valence-corrected chi connectivity index (χ1v) is 12.5. The first kappa shape index (κ1) is 22.8. The molecule has 2 fully saturated rings. The molecule has 4 aromatic heterocycles. The van der Waals surface area contributed by atoms with Crippen LogP contribution in [-0.4, -0.2) is 86.1 Å². The van der Waals surface area contributed by atoms with Crippen LogP contribution in [0.3, 0.4) is 0 Å². The number of aromatic nitrogens is 5. The summed E-state index contributed by atoms with van der Waals surface area (Å²) in [5, 5.41) is 0. The minimum atomic E-state index is 0.200. The van der Waals surface area contributed by atoms with E-state index >= 15 is 0 Å². The maximum atomic E-state index is 12.7. The van der Waals surface area contributed by atoms with Crippen LogP contribution < -0.4 is 5.73 Å². The third-order valence-corrected chi connectivity index (χ3v) is 7.33. The molecule has 6 heterocycles. The van der Waals surface area contributed by atoms with E-state index < -0.39 is 0 Å². The number of carbonyl (C=O) groups excluding carboxylic acids is 1. The van der Waals surface area contributed by atoms with Gasteiger partial charge in [0.05, 0.1) is 49.0 Å². The van der Waals surface area contributed by atoms with Gasteiger partial charge in [0.15, 0.2) is 0 Å². The van der Waals surface area contributed by atoms with Crippen molar-refractivity contribution in [1.82, 2.24) is 34.3 Å². The number of nitrogens with zero attached hydrogens (tertiary/aromatic N) is 7. The number of aryl methyl sites for hydroxylation is 1. The number of pyridine rings is 3. The van der Waals surface area contributed by atoms with Gasteiger partial charge in [-0.25, -0.2) is 15.0 Å². The van der Waals surface area contributed by atoms with Crippen LogP contribution in [0.1, 0.15) is 24.4 Å². The highest BCUT2D eigenvalue weighted by Gasteiger charge is 2.26. The quantitative estimate of drug-likeness (QED) is 0.468. The summed E-state index contributed by atoms with van der Waals surface area (Å²) < 4.78 is 7.62. The van der Waals surface area contributed by atoms with E-state index in [1.807, 2.05) is 42.5 Å². The lowest BCUT2D eigenvalue weighted by Crippen LogP contribution is -2.47. The Morgan fingerprint density at radius 1 is 1.06 bits per heavy atom. The van der Waals surface area contributed by atoms with E-state index in [0.717, 1.165) is 64.8 Å². The number of anilines is 1. The number of imidazole rings is 1. The predicted molar refractivity (Wildman–Crippen MR) is 137 cm³/mol.